The van der Waals surface area contributed by atoms with Gasteiger partial charge in [0.15, 0.2) is 5.16 Å². The van der Waals surface area contributed by atoms with Crippen molar-refractivity contribution in [2.75, 3.05) is 11.1 Å². The normalized spacial score (nSPS) is 10.8. The van der Waals surface area contributed by atoms with E-state index in [0.29, 0.717) is 29.0 Å². The summed E-state index contributed by atoms with van der Waals surface area (Å²) in [5.41, 5.74) is 1.47. The van der Waals surface area contributed by atoms with E-state index in [1.807, 2.05) is 24.3 Å². The van der Waals surface area contributed by atoms with Gasteiger partial charge in [0.1, 0.15) is 17.4 Å². The molecule has 0 saturated heterocycles. The molecule has 4 aromatic rings. The molecule has 1 amide bonds. The number of anilines is 2. The first-order valence-corrected chi connectivity index (χ1v) is 9.87. The van der Waals surface area contributed by atoms with Crippen LogP contribution < -0.4 is 10.6 Å². The number of fused-ring (bicyclic) bond motifs is 1. The number of carbonyl (C=O) groups is 1. The molecular formula is C21H17FN4O2S. The summed E-state index contributed by atoms with van der Waals surface area (Å²) in [6.07, 6.45) is 1.56. The van der Waals surface area contributed by atoms with Crippen molar-refractivity contribution in [2.24, 2.45) is 0 Å². The summed E-state index contributed by atoms with van der Waals surface area (Å²) in [4.78, 5) is 21.2. The van der Waals surface area contributed by atoms with Gasteiger partial charge in [0, 0.05) is 11.1 Å². The van der Waals surface area contributed by atoms with Gasteiger partial charge in [0.2, 0.25) is 5.91 Å². The monoisotopic (exact) mass is 408 g/mol. The Kier molecular flexibility index (Phi) is 5.71. The number of halogens is 1. The van der Waals surface area contributed by atoms with E-state index in [1.54, 1.807) is 30.5 Å². The highest BCUT2D eigenvalue weighted by molar-refractivity contribution is 7.99. The van der Waals surface area contributed by atoms with Crippen molar-refractivity contribution in [3.63, 3.8) is 0 Å². The first-order chi connectivity index (χ1) is 14.2. The van der Waals surface area contributed by atoms with E-state index in [2.05, 4.69) is 20.6 Å². The van der Waals surface area contributed by atoms with Crippen LogP contribution in [0.2, 0.25) is 0 Å². The van der Waals surface area contributed by atoms with Crippen molar-refractivity contribution in [3.05, 3.63) is 78.5 Å². The second-order valence-electron chi connectivity index (χ2n) is 6.15. The zero-order chi connectivity index (χ0) is 20.1. The van der Waals surface area contributed by atoms with E-state index in [1.165, 1.54) is 23.9 Å². The molecule has 0 aliphatic carbocycles. The maximum atomic E-state index is 13.2. The van der Waals surface area contributed by atoms with Crippen LogP contribution in [-0.4, -0.2) is 21.6 Å². The Morgan fingerprint density at radius 1 is 1.03 bits per heavy atom. The van der Waals surface area contributed by atoms with Crippen LogP contribution in [0.3, 0.4) is 0 Å². The number of nitrogens with zero attached hydrogens (tertiary/aromatic N) is 2. The molecule has 2 N–H and O–H groups in total. The number of para-hydroxylation sites is 1. The molecule has 8 heteroatoms. The molecule has 6 nitrogen and oxygen atoms in total. The molecule has 0 atom stereocenters. The van der Waals surface area contributed by atoms with Gasteiger partial charge in [-0.3, -0.25) is 4.79 Å². The number of aromatic nitrogens is 2. The molecule has 0 bridgehead atoms. The predicted octanol–water partition coefficient (Wildman–Crippen LogP) is 4.51. The van der Waals surface area contributed by atoms with Gasteiger partial charge in [-0.15, -0.1) is 0 Å². The minimum absolute atomic E-state index is 0.142. The first kappa shape index (κ1) is 18.9. The van der Waals surface area contributed by atoms with Crippen molar-refractivity contribution >= 4 is 40.1 Å². The molecule has 0 fully saturated rings. The van der Waals surface area contributed by atoms with E-state index in [9.17, 15) is 9.18 Å². The molecule has 2 aromatic carbocycles. The number of benzene rings is 2. The molecular weight excluding hydrogens is 391 g/mol. The third kappa shape index (κ3) is 4.91. The average Bonchev–Trinajstić information content (AvgIpc) is 3.26. The minimum atomic E-state index is -0.306. The Balaban J connectivity index is 1.48. The van der Waals surface area contributed by atoms with Crippen molar-refractivity contribution < 1.29 is 13.6 Å². The number of rotatable bonds is 7. The molecule has 2 aromatic heterocycles. The second-order valence-corrected chi connectivity index (χ2v) is 7.09. The average molecular weight is 408 g/mol. The molecule has 0 unspecified atom stereocenters. The lowest BCUT2D eigenvalue weighted by Gasteiger charge is -2.11. The van der Waals surface area contributed by atoms with Gasteiger partial charge in [-0.2, -0.15) is 0 Å². The van der Waals surface area contributed by atoms with Crippen molar-refractivity contribution in [1.29, 1.82) is 0 Å². The molecule has 0 spiro atoms. The van der Waals surface area contributed by atoms with Gasteiger partial charge in [-0.25, -0.2) is 14.4 Å². The molecule has 0 saturated carbocycles. The first-order valence-electron chi connectivity index (χ1n) is 8.88. The molecule has 4 rings (SSSR count). The van der Waals surface area contributed by atoms with Crippen LogP contribution in [0.1, 0.15) is 5.76 Å². The topological polar surface area (TPSA) is 80.0 Å². The molecule has 146 valence electrons. The number of thioether (sulfide) groups is 1. The summed E-state index contributed by atoms with van der Waals surface area (Å²) in [6.45, 7) is 0.336. The summed E-state index contributed by atoms with van der Waals surface area (Å²) >= 11 is 1.24. The number of hydrogen-bond acceptors (Lipinski definition) is 6. The summed E-state index contributed by atoms with van der Waals surface area (Å²) in [7, 11) is 0. The standard InChI is InChI=1S/C21H17FN4O2S/c22-14-7-9-15(10-8-14)24-20-17-5-1-2-6-18(17)25-21(26-20)29-13-19(27)23-12-16-4-3-11-28-16/h1-11H,12-13H2,(H,23,27)(H,24,25,26). The zero-order valence-corrected chi connectivity index (χ0v) is 16.1. The lowest BCUT2D eigenvalue weighted by Crippen LogP contribution is -2.24. The number of nitrogens with one attached hydrogen (secondary N) is 2. The van der Waals surface area contributed by atoms with Crippen molar-refractivity contribution in [1.82, 2.24) is 15.3 Å². The number of hydrogen-bond donors (Lipinski definition) is 2. The van der Waals surface area contributed by atoms with Crippen LogP contribution in [0.25, 0.3) is 10.9 Å². The lowest BCUT2D eigenvalue weighted by molar-refractivity contribution is -0.118. The SMILES string of the molecule is O=C(CSc1nc(Nc2ccc(F)cc2)c2ccccc2n1)NCc1ccco1. The third-order valence-corrected chi connectivity index (χ3v) is 4.91. The molecule has 0 radical (unpaired) electrons. The van der Waals surface area contributed by atoms with Gasteiger partial charge in [0.25, 0.3) is 0 Å². The molecule has 0 aliphatic rings. The fourth-order valence-corrected chi connectivity index (χ4v) is 3.35. The largest absolute Gasteiger partial charge is 0.467 e. The van der Waals surface area contributed by atoms with Crippen LogP contribution in [0.4, 0.5) is 15.9 Å². The second kappa shape index (κ2) is 8.74. The summed E-state index contributed by atoms with van der Waals surface area (Å²) < 4.78 is 18.4. The maximum absolute atomic E-state index is 13.2. The number of furan rings is 1. The van der Waals surface area contributed by atoms with Gasteiger partial charge in [-0.05, 0) is 48.5 Å². The van der Waals surface area contributed by atoms with Gasteiger partial charge in [0.05, 0.1) is 24.1 Å². The molecule has 2 heterocycles. The smallest absolute Gasteiger partial charge is 0.230 e. The third-order valence-electron chi connectivity index (χ3n) is 4.06. The Labute approximate surface area is 170 Å². The number of amides is 1. The fraction of sp³-hybridized carbons (Fsp3) is 0.0952. The zero-order valence-electron chi connectivity index (χ0n) is 15.3. The van der Waals surface area contributed by atoms with Crippen LogP contribution >= 0.6 is 11.8 Å². The Bertz CT molecular complexity index is 1120. The highest BCUT2D eigenvalue weighted by Crippen LogP contribution is 2.27. The Hall–Kier alpha value is -3.39. The van der Waals surface area contributed by atoms with Crippen molar-refractivity contribution in [2.45, 2.75) is 11.7 Å². The van der Waals surface area contributed by atoms with Crippen LogP contribution in [-0.2, 0) is 11.3 Å². The Morgan fingerprint density at radius 2 is 1.86 bits per heavy atom. The maximum Gasteiger partial charge on any atom is 0.230 e. The fourth-order valence-electron chi connectivity index (χ4n) is 2.67. The molecule has 0 aliphatic heterocycles. The van der Waals surface area contributed by atoms with E-state index in [0.717, 1.165) is 10.9 Å². The van der Waals surface area contributed by atoms with Gasteiger partial charge < -0.3 is 15.1 Å². The highest BCUT2D eigenvalue weighted by atomic mass is 32.2. The summed E-state index contributed by atoms with van der Waals surface area (Å²) in [5, 5.41) is 7.30. The van der Waals surface area contributed by atoms with E-state index < -0.39 is 0 Å². The highest BCUT2D eigenvalue weighted by Gasteiger charge is 2.11. The summed E-state index contributed by atoms with van der Waals surface area (Å²) in [5.74, 6) is 1.02. The van der Waals surface area contributed by atoms with Gasteiger partial charge in [-0.1, -0.05) is 23.9 Å². The van der Waals surface area contributed by atoms with E-state index in [-0.39, 0.29) is 17.5 Å². The lowest BCUT2D eigenvalue weighted by atomic mass is 10.2. The van der Waals surface area contributed by atoms with Crippen molar-refractivity contribution in [3.8, 4) is 0 Å². The van der Waals surface area contributed by atoms with E-state index >= 15 is 0 Å². The van der Waals surface area contributed by atoms with E-state index in [4.69, 9.17) is 4.42 Å². The number of carbonyl (C=O) groups excluding carboxylic acids is 1. The van der Waals surface area contributed by atoms with Crippen LogP contribution in [0.15, 0.2) is 76.5 Å². The van der Waals surface area contributed by atoms with Gasteiger partial charge >= 0.3 is 0 Å². The molecule has 29 heavy (non-hydrogen) atoms. The summed E-state index contributed by atoms with van der Waals surface area (Å²) in [6, 6.07) is 17.2. The minimum Gasteiger partial charge on any atom is -0.467 e. The Morgan fingerprint density at radius 3 is 2.66 bits per heavy atom. The quantitative estimate of drug-likeness (QED) is 0.346. The van der Waals surface area contributed by atoms with Crippen LogP contribution in [0, 0.1) is 5.82 Å². The van der Waals surface area contributed by atoms with Crippen LogP contribution in [0.5, 0.6) is 0 Å². The predicted molar refractivity (Wildman–Crippen MR) is 110 cm³/mol.